The minimum atomic E-state index is -1.15. The van der Waals surface area contributed by atoms with Crippen molar-refractivity contribution in [3.63, 3.8) is 0 Å². The van der Waals surface area contributed by atoms with E-state index in [4.69, 9.17) is 4.74 Å². The topological polar surface area (TPSA) is 58.6 Å². The Hall–Kier alpha value is -1.55. The van der Waals surface area contributed by atoms with E-state index in [1.165, 1.54) is 0 Å². The second-order valence-corrected chi connectivity index (χ2v) is 4.00. The van der Waals surface area contributed by atoms with Gasteiger partial charge in [-0.3, -0.25) is 4.79 Å². The first kappa shape index (κ1) is 13.5. The van der Waals surface area contributed by atoms with Crippen molar-refractivity contribution >= 4 is 5.91 Å². The van der Waals surface area contributed by atoms with Gasteiger partial charge in [-0.05, 0) is 31.0 Å². The average Bonchev–Trinajstić information content (AvgIpc) is 2.37. The maximum atomic E-state index is 11.7. The van der Waals surface area contributed by atoms with E-state index >= 15 is 0 Å². The highest BCUT2D eigenvalue weighted by Crippen LogP contribution is 2.19. The first-order chi connectivity index (χ1) is 8.08. The molecule has 0 spiro atoms. The first-order valence-corrected chi connectivity index (χ1v) is 5.70. The van der Waals surface area contributed by atoms with Crippen molar-refractivity contribution in [2.24, 2.45) is 0 Å². The van der Waals surface area contributed by atoms with Crippen LogP contribution in [0.4, 0.5) is 0 Å². The molecule has 0 saturated heterocycles. The Morgan fingerprint density at radius 3 is 2.82 bits per heavy atom. The SMILES string of the molecule is CCC(C)NC(=O)C(O)c1cccc(OC)c1. The summed E-state index contributed by atoms with van der Waals surface area (Å²) in [6, 6.07) is 6.92. The van der Waals surface area contributed by atoms with E-state index in [0.29, 0.717) is 11.3 Å². The van der Waals surface area contributed by atoms with Crippen LogP contribution in [0, 0.1) is 0 Å². The molecule has 4 heteroatoms. The van der Waals surface area contributed by atoms with Crippen LogP contribution in [0.1, 0.15) is 31.9 Å². The molecule has 1 amide bonds. The van der Waals surface area contributed by atoms with E-state index in [1.807, 2.05) is 13.8 Å². The number of carbonyl (C=O) groups excluding carboxylic acids is 1. The number of aliphatic hydroxyl groups is 1. The van der Waals surface area contributed by atoms with Gasteiger partial charge in [0.1, 0.15) is 5.75 Å². The third kappa shape index (κ3) is 3.75. The lowest BCUT2D eigenvalue weighted by atomic mass is 10.1. The molecule has 0 aliphatic rings. The van der Waals surface area contributed by atoms with Crippen molar-refractivity contribution in [1.82, 2.24) is 5.32 Å². The van der Waals surface area contributed by atoms with E-state index in [9.17, 15) is 9.90 Å². The maximum absolute atomic E-state index is 11.7. The molecule has 4 nitrogen and oxygen atoms in total. The Morgan fingerprint density at radius 1 is 1.53 bits per heavy atom. The maximum Gasteiger partial charge on any atom is 0.253 e. The number of ether oxygens (including phenoxy) is 1. The van der Waals surface area contributed by atoms with Gasteiger partial charge >= 0.3 is 0 Å². The summed E-state index contributed by atoms with van der Waals surface area (Å²) in [4.78, 5) is 11.7. The van der Waals surface area contributed by atoms with Gasteiger partial charge in [-0.25, -0.2) is 0 Å². The third-order valence-electron chi connectivity index (χ3n) is 2.66. The molecule has 2 N–H and O–H groups in total. The smallest absolute Gasteiger partial charge is 0.253 e. The molecule has 0 aliphatic carbocycles. The highest BCUT2D eigenvalue weighted by Gasteiger charge is 2.18. The van der Waals surface area contributed by atoms with Gasteiger partial charge in [0.25, 0.3) is 5.91 Å². The molecule has 2 atom stereocenters. The zero-order valence-corrected chi connectivity index (χ0v) is 10.4. The van der Waals surface area contributed by atoms with Gasteiger partial charge in [-0.2, -0.15) is 0 Å². The molecule has 94 valence electrons. The van der Waals surface area contributed by atoms with E-state index in [1.54, 1.807) is 31.4 Å². The molecule has 0 radical (unpaired) electrons. The second kappa shape index (κ2) is 6.25. The van der Waals surface area contributed by atoms with E-state index in [2.05, 4.69) is 5.32 Å². The molecule has 0 fully saturated rings. The number of amides is 1. The molecule has 1 aromatic carbocycles. The lowest BCUT2D eigenvalue weighted by molar-refractivity contribution is -0.130. The van der Waals surface area contributed by atoms with E-state index in [-0.39, 0.29) is 11.9 Å². The van der Waals surface area contributed by atoms with Crippen LogP contribution in [-0.2, 0) is 4.79 Å². The number of nitrogens with one attached hydrogen (secondary N) is 1. The van der Waals surface area contributed by atoms with Crippen LogP contribution in [0.2, 0.25) is 0 Å². The molecule has 2 unspecified atom stereocenters. The van der Waals surface area contributed by atoms with Gasteiger partial charge in [0.15, 0.2) is 6.10 Å². The van der Waals surface area contributed by atoms with Crippen LogP contribution < -0.4 is 10.1 Å². The summed E-state index contributed by atoms with van der Waals surface area (Å²) in [6.45, 7) is 3.87. The predicted octanol–water partition coefficient (Wildman–Crippen LogP) is 1.64. The van der Waals surface area contributed by atoms with Crippen LogP contribution in [0.15, 0.2) is 24.3 Å². The van der Waals surface area contributed by atoms with Crippen molar-refractivity contribution in [2.75, 3.05) is 7.11 Å². The van der Waals surface area contributed by atoms with Gasteiger partial charge in [0.2, 0.25) is 0 Å². The summed E-state index contributed by atoms with van der Waals surface area (Å²) in [6.07, 6.45) is -0.324. The molecule has 1 aromatic rings. The summed E-state index contributed by atoms with van der Waals surface area (Å²) in [5.41, 5.74) is 0.533. The minimum Gasteiger partial charge on any atom is -0.497 e. The van der Waals surface area contributed by atoms with Gasteiger partial charge in [-0.1, -0.05) is 19.1 Å². The fourth-order valence-corrected chi connectivity index (χ4v) is 1.39. The zero-order chi connectivity index (χ0) is 12.8. The third-order valence-corrected chi connectivity index (χ3v) is 2.66. The minimum absolute atomic E-state index is 0.0581. The standard InChI is InChI=1S/C13H19NO3/c1-4-9(2)14-13(16)12(15)10-6-5-7-11(8-10)17-3/h5-9,12,15H,4H2,1-3H3,(H,14,16). The number of aliphatic hydroxyl groups excluding tert-OH is 1. The van der Waals surface area contributed by atoms with Crippen LogP contribution in [0.5, 0.6) is 5.75 Å². The van der Waals surface area contributed by atoms with Crippen molar-refractivity contribution in [1.29, 1.82) is 0 Å². The van der Waals surface area contributed by atoms with Crippen molar-refractivity contribution in [3.05, 3.63) is 29.8 Å². The molecular weight excluding hydrogens is 218 g/mol. The Labute approximate surface area is 102 Å². The quantitative estimate of drug-likeness (QED) is 0.818. The Kier molecular flexibility index (Phi) is 4.97. The highest BCUT2D eigenvalue weighted by molar-refractivity contribution is 5.82. The molecule has 0 bridgehead atoms. The molecule has 0 aromatic heterocycles. The zero-order valence-electron chi connectivity index (χ0n) is 10.4. The Balaban J connectivity index is 2.74. The average molecular weight is 237 g/mol. The van der Waals surface area contributed by atoms with Crippen molar-refractivity contribution < 1.29 is 14.6 Å². The van der Waals surface area contributed by atoms with Gasteiger partial charge in [-0.15, -0.1) is 0 Å². The summed E-state index contributed by atoms with van der Waals surface area (Å²) in [7, 11) is 1.55. The van der Waals surface area contributed by atoms with Crippen molar-refractivity contribution in [2.45, 2.75) is 32.4 Å². The fraction of sp³-hybridized carbons (Fsp3) is 0.462. The predicted molar refractivity (Wildman–Crippen MR) is 65.8 cm³/mol. The highest BCUT2D eigenvalue weighted by atomic mass is 16.5. The van der Waals surface area contributed by atoms with Crippen LogP contribution in [0.3, 0.4) is 0 Å². The van der Waals surface area contributed by atoms with E-state index in [0.717, 1.165) is 6.42 Å². The van der Waals surface area contributed by atoms with Crippen molar-refractivity contribution in [3.8, 4) is 5.75 Å². The summed E-state index contributed by atoms with van der Waals surface area (Å²) >= 11 is 0. The Morgan fingerprint density at radius 2 is 2.24 bits per heavy atom. The monoisotopic (exact) mass is 237 g/mol. The summed E-state index contributed by atoms with van der Waals surface area (Å²) in [5.74, 6) is 0.241. The van der Waals surface area contributed by atoms with Crippen LogP contribution in [-0.4, -0.2) is 24.2 Å². The lowest BCUT2D eigenvalue weighted by Gasteiger charge is -2.16. The molecular formula is C13H19NO3. The van der Waals surface area contributed by atoms with Gasteiger partial charge < -0.3 is 15.2 Å². The number of carbonyl (C=O) groups is 1. The van der Waals surface area contributed by atoms with Crippen LogP contribution in [0.25, 0.3) is 0 Å². The number of rotatable bonds is 5. The molecule has 0 heterocycles. The number of benzene rings is 1. The lowest BCUT2D eigenvalue weighted by Crippen LogP contribution is -2.35. The largest absolute Gasteiger partial charge is 0.497 e. The second-order valence-electron chi connectivity index (χ2n) is 4.00. The molecule has 1 rings (SSSR count). The molecule has 17 heavy (non-hydrogen) atoms. The fourth-order valence-electron chi connectivity index (χ4n) is 1.39. The summed E-state index contributed by atoms with van der Waals surface area (Å²) in [5, 5.41) is 12.6. The Bertz CT molecular complexity index is 379. The number of methoxy groups -OCH3 is 1. The van der Waals surface area contributed by atoms with Gasteiger partial charge in [0, 0.05) is 6.04 Å². The normalized spacial score (nSPS) is 13.9. The summed E-state index contributed by atoms with van der Waals surface area (Å²) < 4.78 is 5.04. The van der Waals surface area contributed by atoms with Crippen LogP contribution >= 0.6 is 0 Å². The number of hydrogen-bond acceptors (Lipinski definition) is 3. The molecule has 0 aliphatic heterocycles. The first-order valence-electron chi connectivity index (χ1n) is 5.70. The molecule has 0 saturated carbocycles. The number of hydrogen-bond donors (Lipinski definition) is 2. The van der Waals surface area contributed by atoms with E-state index < -0.39 is 6.10 Å². The van der Waals surface area contributed by atoms with Gasteiger partial charge in [0.05, 0.1) is 7.11 Å².